The molecule has 4 heterocycles. The normalized spacial score (nSPS) is 16.0. The Morgan fingerprint density at radius 1 is 0.533 bits per heavy atom. The number of allylic oxidation sites excluding steroid dienone is 4. The summed E-state index contributed by atoms with van der Waals surface area (Å²) in [5.74, 6) is 0. The Hall–Kier alpha value is -4.76. The van der Waals surface area contributed by atoms with Crippen LogP contribution in [0.4, 0.5) is 0 Å². The maximum absolute atomic E-state index is 5.28. The first-order valence-electron chi connectivity index (χ1n) is 16.5. The number of rotatable bonds is 5. The summed E-state index contributed by atoms with van der Waals surface area (Å²) in [7, 11) is 0. The molecule has 2 aliphatic carbocycles. The zero-order chi connectivity index (χ0) is 31.2. The lowest BCUT2D eigenvalue weighted by Crippen LogP contribution is -2.16. The Kier molecular flexibility index (Phi) is 7.49. The fraction of sp³-hybridized carbons (Fsp3) is 0.238. The maximum Gasteiger partial charge on any atom is 0.0693 e. The molecule has 0 unspecified atom stereocenters. The summed E-state index contributed by atoms with van der Waals surface area (Å²) in [6.07, 6.45) is 13.0. The first-order chi connectivity index (χ1) is 21.9. The van der Waals surface area contributed by atoms with E-state index in [1.54, 1.807) is 0 Å². The van der Waals surface area contributed by atoms with Gasteiger partial charge in [-0.25, -0.2) is 9.98 Å². The number of aromatic nitrogens is 1. The molecular formula is C42H41N3. The highest BCUT2D eigenvalue weighted by Gasteiger charge is 2.23. The van der Waals surface area contributed by atoms with Gasteiger partial charge in [0, 0.05) is 10.7 Å². The van der Waals surface area contributed by atoms with Gasteiger partial charge in [-0.1, -0.05) is 82.3 Å². The van der Waals surface area contributed by atoms with E-state index in [-0.39, 0.29) is 0 Å². The van der Waals surface area contributed by atoms with E-state index in [0.29, 0.717) is 0 Å². The van der Waals surface area contributed by atoms with Crippen molar-refractivity contribution in [3.05, 3.63) is 127 Å². The fourth-order valence-electron chi connectivity index (χ4n) is 7.38. The third-order valence-electron chi connectivity index (χ3n) is 9.81. The fourth-order valence-corrected chi connectivity index (χ4v) is 7.38. The van der Waals surface area contributed by atoms with Crippen LogP contribution in [0.2, 0.25) is 0 Å². The van der Waals surface area contributed by atoms with Gasteiger partial charge in [0.1, 0.15) is 0 Å². The molecule has 2 aromatic rings. The van der Waals surface area contributed by atoms with Gasteiger partial charge < -0.3 is 4.98 Å². The van der Waals surface area contributed by atoms with Gasteiger partial charge in [0.25, 0.3) is 0 Å². The van der Waals surface area contributed by atoms with Gasteiger partial charge in [-0.3, -0.25) is 0 Å². The molecule has 0 fully saturated rings. The summed E-state index contributed by atoms with van der Waals surface area (Å²) in [4.78, 5) is 14.4. The third kappa shape index (κ3) is 4.91. The molecule has 0 amide bonds. The number of aliphatic imine (C=N–C) groups is 2. The Labute approximate surface area is 266 Å². The van der Waals surface area contributed by atoms with Crippen molar-refractivity contribution in [1.82, 2.24) is 4.98 Å². The zero-order valence-electron chi connectivity index (χ0n) is 27.3. The van der Waals surface area contributed by atoms with Crippen molar-refractivity contribution in [2.75, 3.05) is 0 Å². The van der Waals surface area contributed by atoms with E-state index in [2.05, 4.69) is 131 Å². The zero-order valence-corrected chi connectivity index (χ0v) is 27.3. The maximum atomic E-state index is 5.28. The highest BCUT2D eigenvalue weighted by molar-refractivity contribution is 6.24. The number of benzene rings is 1. The molecule has 0 saturated heterocycles. The molecular weight excluding hydrogens is 546 g/mol. The Bertz CT molecular complexity index is 2010. The van der Waals surface area contributed by atoms with Gasteiger partial charge in [-0.15, -0.1) is 0 Å². The molecule has 3 nitrogen and oxygen atoms in total. The highest BCUT2D eigenvalue weighted by Crippen LogP contribution is 2.40. The minimum atomic E-state index is 0.940. The largest absolute Gasteiger partial charge is 0.355 e. The lowest BCUT2D eigenvalue weighted by molar-refractivity contribution is 1.04. The Balaban J connectivity index is 1.55. The van der Waals surface area contributed by atoms with Crippen molar-refractivity contribution in [3.63, 3.8) is 0 Å². The molecule has 0 atom stereocenters. The van der Waals surface area contributed by atoms with Gasteiger partial charge in [0.15, 0.2) is 0 Å². The molecule has 1 N–H and O–H groups in total. The molecule has 5 aliphatic rings. The molecule has 45 heavy (non-hydrogen) atoms. The molecule has 224 valence electrons. The second-order valence-electron chi connectivity index (χ2n) is 12.2. The van der Waals surface area contributed by atoms with Gasteiger partial charge in [0.05, 0.1) is 22.8 Å². The predicted octanol–water partition coefficient (Wildman–Crippen LogP) is 9.23. The molecule has 3 aliphatic heterocycles. The van der Waals surface area contributed by atoms with Crippen LogP contribution in [0, 0.1) is 0 Å². The van der Waals surface area contributed by atoms with Crippen molar-refractivity contribution in [1.29, 1.82) is 0 Å². The van der Waals surface area contributed by atoms with Crippen LogP contribution in [0.25, 0.3) is 46.6 Å². The summed E-state index contributed by atoms with van der Waals surface area (Å²) in [5.41, 5.74) is 19.4. The second kappa shape index (κ2) is 11.6. The molecule has 0 spiro atoms. The summed E-state index contributed by atoms with van der Waals surface area (Å²) < 4.78 is 0. The molecule has 0 saturated carbocycles. The van der Waals surface area contributed by atoms with Crippen LogP contribution in [-0.2, 0) is 12.8 Å². The first-order valence-corrected chi connectivity index (χ1v) is 16.5. The van der Waals surface area contributed by atoms with E-state index >= 15 is 0 Å². The number of fused-ring (bicyclic) bond motifs is 9. The van der Waals surface area contributed by atoms with Crippen molar-refractivity contribution in [2.45, 2.75) is 67.2 Å². The monoisotopic (exact) mass is 587 g/mol. The Morgan fingerprint density at radius 2 is 1.00 bits per heavy atom. The average Bonchev–Trinajstić information content (AvgIpc) is 3.68. The van der Waals surface area contributed by atoms with E-state index in [1.165, 1.54) is 77.5 Å². The highest BCUT2D eigenvalue weighted by atomic mass is 14.8. The van der Waals surface area contributed by atoms with Crippen LogP contribution in [0.3, 0.4) is 0 Å². The number of aromatic amines is 1. The molecule has 1 aromatic heterocycles. The molecule has 3 heteroatoms. The first kappa shape index (κ1) is 29.0. The topological polar surface area (TPSA) is 40.5 Å². The molecule has 7 rings (SSSR count). The molecule has 1 aromatic carbocycles. The average molecular weight is 588 g/mol. The summed E-state index contributed by atoms with van der Waals surface area (Å²) in [6.45, 7) is 13.4. The lowest BCUT2D eigenvalue weighted by atomic mass is 10.00. The van der Waals surface area contributed by atoms with E-state index in [9.17, 15) is 0 Å². The summed E-state index contributed by atoms with van der Waals surface area (Å²) in [6, 6.07) is 22.0. The number of hydrogen-bond donors (Lipinski definition) is 1. The lowest BCUT2D eigenvalue weighted by Gasteiger charge is -2.02. The van der Waals surface area contributed by atoms with E-state index in [1.807, 2.05) is 0 Å². The van der Waals surface area contributed by atoms with Gasteiger partial charge in [-0.2, -0.15) is 0 Å². The van der Waals surface area contributed by atoms with Crippen LogP contribution in [-0.4, -0.2) is 16.4 Å². The Morgan fingerprint density at radius 3 is 1.44 bits per heavy atom. The second-order valence-corrected chi connectivity index (χ2v) is 12.2. The van der Waals surface area contributed by atoms with Crippen LogP contribution in [0.15, 0.2) is 104 Å². The quantitative estimate of drug-likeness (QED) is 0.242. The van der Waals surface area contributed by atoms with Gasteiger partial charge >= 0.3 is 0 Å². The predicted molar refractivity (Wildman–Crippen MR) is 193 cm³/mol. The third-order valence-corrected chi connectivity index (χ3v) is 9.81. The SMILES string of the molecule is CCC1=C(C)C2=Cc3cc(c4ccc(-c5ccccc5)ccc3-4)C=C3N=C(C=c4[nH]c(c(CC)c4CC)=CC1=N2)C(CC)=C3C. The standard InChI is InChI=1S/C42H41N3/c1-7-31-25(5)37-21-29-20-30(36-19-17-28(16-18-35(29)36)27-14-12-11-13-15-27)22-38-26(6)32(8-2)40(44-38)24-42-34(10-4)33(9-3)41(45-42)23-39(31)43-37/h11-24,45H,7-10H2,1-6H3. The number of nitrogens with one attached hydrogen (secondary N) is 1. The molecule has 8 bridgehead atoms. The van der Waals surface area contributed by atoms with E-state index < -0.39 is 0 Å². The van der Waals surface area contributed by atoms with E-state index in [0.717, 1.165) is 48.5 Å². The van der Waals surface area contributed by atoms with Crippen molar-refractivity contribution in [2.24, 2.45) is 9.98 Å². The summed E-state index contributed by atoms with van der Waals surface area (Å²) >= 11 is 0. The van der Waals surface area contributed by atoms with Crippen molar-refractivity contribution >= 4 is 35.7 Å². The van der Waals surface area contributed by atoms with Gasteiger partial charge in [-0.05, 0) is 137 Å². The summed E-state index contributed by atoms with van der Waals surface area (Å²) in [5, 5.41) is 2.34. The minimum absolute atomic E-state index is 0.940. The number of nitrogens with zero attached hydrogens (tertiary/aromatic N) is 2. The minimum Gasteiger partial charge on any atom is -0.355 e. The smallest absolute Gasteiger partial charge is 0.0693 e. The van der Waals surface area contributed by atoms with Crippen molar-refractivity contribution < 1.29 is 0 Å². The number of H-pyrrole nitrogens is 1. The molecule has 0 radical (unpaired) electrons. The van der Waals surface area contributed by atoms with Crippen LogP contribution >= 0.6 is 0 Å². The number of hydrogen-bond acceptors (Lipinski definition) is 2. The van der Waals surface area contributed by atoms with Crippen LogP contribution < -0.4 is 10.7 Å². The van der Waals surface area contributed by atoms with Crippen LogP contribution in [0.5, 0.6) is 0 Å². The van der Waals surface area contributed by atoms with Crippen molar-refractivity contribution in [3.8, 4) is 22.3 Å². The van der Waals surface area contributed by atoms with E-state index in [4.69, 9.17) is 9.98 Å². The van der Waals surface area contributed by atoms with Gasteiger partial charge in [0.2, 0.25) is 0 Å². The van der Waals surface area contributed by atoms with Crippen LogP contribution in [0.1, 0.15) is 76.6 Å².